The first-order chi connectivity index (χ1) is 13.1. The summed E-state index contributed by atoms with van der Waals surface area (Å²) >= 11 is 0. The molecule has 1 heterocycles. The van der Waals surface area contributed by atoms with Gasteiger partial charge in [-0.05, 0) is 42.3 Å². The molecule has 0 bridgehead atoms. The van der Waals surface area contributed by atoms with Crippen LogP contribution < -0.4 is 9.47 Å². The number of likely N-dealkylation sites (tertiary alicyclic amines) is 1. The number of benzene rings is 2. The zero-order valence-electron chi connectivity index (χ0n) is 15.2. The van der Waals surface area contributed by atoms with Crippen molar-refractivity contribution < 1.29 is 19.4 Å². The lowest BCUT2D eigenvalue weighted by Crippen LogP contribution is -2.49. The van der Waals surface area contributed by atoms with Crippen molar-refractivity contribution in [1.29, 1.82) is 5.26 Å². The molecule has 0 amide bonds. The number of carbonyl (C=O) groups is 1. The normalized spacial score (nSPS) is 14.2. The topological polar surface area (TPSA) is 82.8 Å². The molecule has 6 nitrogen and oxygen atoms in total. The smallest absolute Gasteiger partial charge is 0.309 e. The maximum Gasteiger partial charge on any atom is 0.309 e. The first-order valence-corrected chi connectivity index (χ1v) is 8.91. The second-order valence-electron chi connectivity index (χ2n) is 6.54. The van der Waals surface area contributed by atoms with Crippen molar-refractivity contribution in [2.45, 2.75) is 20.1 Å². The summed E-state index contributed by atoms with van der Waals surface area (Å²) in [5, 5.41) is 18.1. The van der Waals surface area contributed by atoms with Crippen LogP contribution in [0.25, 0.3) is 0 Å². The lowest BCUT2D eigenvalue weighted by Gasteiger charge is -2.36. The van der Waals surface area contributed by atoms with Gasteiger partial charge in [0.15, 0.2) is 0 Å². The van der Waals surface area contributed by atoms with Crippen molar-refractivity contribution in [3.05, 3.63) is 59.2 Å². The summed E-state index contributed by atoms with van der Waals surface area (Å²) in [7, 11) is 0. The Labute approximate surface area is 158 Å². The minimum atomic E-state index is -0.719. The molecule has 1 N–H and O–H groups in total. The summed E-state index contributed by atoms with van der Waals surface area (Å²) in [5.74, 6) is 0.381. The van der Waals surface area contributed by atoms with E-state index in [4.69, 9.17) is 14.6 Å². The van der Waals surface area contributed by atoms with Crippen LogP contribution in [0, 0.1) is 17.2 Å². The van der Waals surface area contributed by atoms with Gasteiger partial charge in [-0.3, -0.25) is 9.69 Å². The second kappa shape index (κ2) is 8.56. The summed E-state index contributed by atoms with van der Waals surface area (Å²) in [6.07, 6.45) is 0. The van der Waals surface area contributed by atoms with Crippen LogP contribution in [0.3, 0.4) is 0 Å². The Kier molecular flexibility index (Phi) is 5.94. The van der Waals surface area contributed by atoms with E-state index in [9.17, 15) is 10.1 Å². The lowest BCUT2D eigenvalue weighted by atomic mass is 10.00. The first kappa shape index (κ1) is 18.7. The molecule has 1 aliphatic heterocycles. The highest BCUT2D eigenvalue weighted by molar-refractivity contribution is 5.71. The van der Waals surface area contributed by atoms with Crippen LogP contribution in [0.2, 0.25) is 0 Å². The number of hydrogen-bond donors (Lipinski definition) is 1. The van der Waals surface area contributed by atoms with E-state index in [2.05, 4.69) is 11.0 Å². The largest absolute Gasteiger partial charge is 0.492 e. The predicted molar refractivity (Wildman–Crippen MR) is 99.5 cm³/mol. The van der Waals surface area contributed by atoms with Crippen LogP contribution in [-0.4, -0.2) is 35.7 Å². The van der Waals surface area contributed by atoms with Crippen LogP contribution in [0.4, 0.5) is 0 Å². The van der Waals surface area contributed by atoms with E-state index in [1.165, 1.54) is 0 Å². The summed E-state index contributed by atoms with van der Waals surface area (Å²) in [5.41, 5.74) is 2.53. The number of aliphatic carboxylic acids is 1. The number of ether oxygens (including phenoxy) is 2. The fourth-order valence-electron chi connectivity index (χ4n) is 3.01. The molecule has 6 heteroatoms. The van der Waals surface area contributed by atoms with E-state index in [0.717, 1.165) is 23.4 Å². The molecule has 1 aliphatic rings. The molecular weight excluding hydrogens is 344 g/mol. The van der Waals surface area contributed by atoms with Crippen molar-refractivity contribution in [1.82, 2.24) is 4.90 Å². The molecule has 1 fully saturated rings. The Balaban J connectivity index is 1.52. The third-order valence-corrected chi connectivity index (χ3v) is 4.51. The molecule has 0 radical (unpaired) electrons. The highest BCUT2D eigenvalue weighted by Gasteiger charge is 2.32. The molecule has 1 saturated heterocycles. The molecule has 0 atom stereocenters. The molecule has 140 valence electrons. The minimum absolute atomic E-state index is 0.236. The summed E-state index contributed by atoms with van der Waals surface area (Å²) in [4.78, 5) is 12.9. The molecule has 2 aromatic carbocycles. The highest BCUT2D eigenvalue weighted by Crippen LogP contribution is 2.22. The molecule has 0 aromatic heterocycles. The fraction of sp³-hybridized carbons (Fsp3) is 0.333. The van der Waals surface area contributed by atoms with E-state index >= 15 is 0 Å². The van der Waals surface area contributed by atoms with Gasteiger partial charge in [-0.1, -0.05) is 18.2 Å². The number of rotatable bonds is 8. The van der Waals surface area contributed by atoms with E-state index in [-0.39, 0.29) is 5.92 Å². The van der Waals surface area contributed by atoms with Crippen LogP contribution in [0.5, 0.6) is 11.5 Å². The SMILES string of the molecule is CCOc1ccc(COc2ccc(CN3CC(C(=O)O)C3)cc2)cc1C#N. The van der Waals surface area contributed by atoms with E-state index in [1.54, 1.807) is 12.1 Å². The van der Waals surface area contributed by atoms with Crippen molar-refractivity contribution in [2.75, 3.05) is 19.7 Å². The third kappa shape index (κ3) is 4.78. The van der Waals surface area contributed by atoms with Crippen molar-refractivity contribution in [3.8, 4) is 17.6 Å². The van der Waals surface area contributed by atoms with Gasteiger partial charge in [-0.25, -0.2) is 0 Å². The van der Waals surface area contributed by atoms with Gasteiger partial charge in [0.05, 0.1) is 18.1 Å². The summed E-state index contributed by atoms with van der Waals surface area (Å²) < 4.78 is 11.2. The average molecular weight is 366 g/mol. The zero-order chi connectivity index (χ0) is 19.2. The van der Waals surface area contributed by atoms with Crippen LogP contribution in [-0.2, 0) is 17.9 Å². The van der Waals surface area contributed by atoms with Crippen LogP contribution in [0.1, 0.15) is 23.6 Å². The van der Waals surface area contributed by atoms with Crippen molar-refractivity contribution >= 4 is 5.97 Å². The van der Waals surface area contributed by atoms with Gasteiger partial charge in [0.2, 0.25) is 0 Å². The Hall–Kier alpha value is -3.04. The summed E-state index contributed by atoms with van der Waals surface area (Å²) in [6, 6.07) is 15.4. The number of nitriles is 1. The van der Waals surface area contributed by atoms with Gasteiger partial charge < -0.3 is 14.6 Å². The predicted octanol–water partition coefficient (Wildman–Crippen LogP) is 3.05. The number of carboxylic acid groups (broad SMARTS) is 1. The van der Waals surface area contributed by atoms with E-state index in [0.29, 0.717) is 37.6 Å². The quantitative estimate of drug-likeness (QED) is 0.773. The number of carboxylic acids is 1. The van der Waals surface area contributed by atoms with Crippen LogP contribution >= 0.6 is 0 Å². The Morgan fingerprint density at radius 3 is 2.52 bits per heavy atom. The minimum Gasteiger partial charge on any atom is -0.492 e. The number of nitrogens with zero attached hydrogens (tertiary/aromatic N) is 2. The lowest BCUT2D eigenvalue weighted by molar-refractivity contribution is -0.147. The van der Waals surface area contributed by atoms with Crippen molar-refractivity contribution in [3.63, 3.8) is 0 Å². The van der Waals surface area contributed by atoms with Gasteiger partial charge in [-0.2, -0.15) is 5.26 Å². The first-order valence-electron chi connectivity index (χ1n) is 8.91. The summed E-state index contributed by atoms with van der Waals surface area (Å²) in [6.45, 7) is 4.72. The molecule has 3 rings (SSSR count). The van der Waals surface area contributed by atoms with E-state index < -0.39 is 5.97 Å². The highest BCUT2D eigenvalue weighted by atomic mass is 16.5. The molecule has 27 heavy (non-hydrogen) atoms. The zero-order valence-corrected chi connectivity index (χ0v) is 15.2. The molecular formula is C21H22N2O4. The van der Waals surface area contributed by atoms with Gasteiger partial charge in [0, 0.05) is 19.6 Å². The molecule has 0 spiro atoms. The monoisotopic (exact) mass is 366 g/mol. The van der Waals surface area contributed by atoms with Gasteiger partial charge in [-0.15, -0.1) is 0 Å². The maximum atomic E-state index is 10.8. The molecule has 2 aromatic rings. The molecule has 0 saturated carbocycles. The Morgan fingerprint density at radius 1 is 1.19 bits per heavy atom. The van der Waals surface area contributed by atoms with E-state index in [1.807, 2.05) is 37.3 Å². The Morgan fingerprint density at radius 2 is 1.89 bits per heavy atom. The standard InChI is InChI=1S/C21H22N2O4/c1-2-26-20-8-5-16(9-17(20)10-22)14-27-19-6-3-15(4-7-19)11-23-12-18(13-23)21(24)25/h3-9,18H,2,11-14H2,1H3,(H,24,25). The molecule has 0 unspecified atom stereocenters. The maximum absolute atomic E-state index is 10.8. The fourth-order valence-corrected chi connectivity index (χ4v) is 3.01. The van der Waals surface area contributed by atoms with Gasteiger partial charge in [0.25, 0.3) is 0 Å². The Bertz CT molecular complexity index is 836. The average Bonchev–Trinajstić information content (AvgIpc) is 2.64. The second-order valence-corrected chi connectivity index (χ2v) is 6.54. The number of hydrogen-bond acceptors (Lipinski definition) is 5. The van der Waals surface area contributed by atoms with Gasteiger partial charge >= 0.3 is 5.97 Å². The van der Waals surface area contributed by atoms with Crippen molar-refractivity contribution in [2.24, 2.45) is 5.92 Å². The third-order valence-electron chi connectivity index (χ3n) is 4.51. The van der Waals surface area contributed by atoms with Gasteiger partial charge in [0.1, 0.15) is 24.2 Å². The molecule has 0 aliphatic carbocycles. The van der Waals surface area contributed by atoms with Crippen LogP contribution in [0.15, 0.2) is 42.5 Å².